The van der Waals surface area contributed by atoms with Gasteiger partial charge < -0.3 is 5.73 Å². The third-order valence-corrected chi connectivity index (χ3v) is 4.20. The molecule has 3 N–H and O–H groups in total. The number of hydrogen-bond donors (Lipinski definition) is 2. The minimum absolute atomic E-state index is 0.663. The predicted octanol–water partition coefficient (Wildman–Crippen LogP) is 3.57. The minimum Gasteiger partial charge on any atom is -0.350 e. The normalized spacial score (nSPS) is 11.4. The van der Waals surface area contributed by atoms with Crippen molar-refractivity contribution in [2.75, 3.05) is 0 Å². The van der Waals surface area contributed by atoms with Gasteiger partial charge in [-0.1, -0.05) is 28.1 Å². The van der Waals surface area contributed by atoms with E-state index in [1.54, 1.807) is 11.3 Å². The second kappa shape index (κ2) is 5.99. The van der Waals surface area contributed by atoms with Gasteiger partial charge >= 0.3 is 6.03 Å². The summed E-state index contributed by atoms with van der Waals surface area (Å²) in [6, 6.07) is 11.5. The van der Waals surface area contributed by atoms with Gasteiger partial charge in [-0.3, -0.25) is 0 Å². The fraction of sp³-hybridized carbons (Fsp3) is 0.0769. The van der Waals surface area contributed by atoms with Crippen LogP contribution in [-0.4, -0.2) is 11.7 Å². The van der Waals surface area contributed by atoms with Crippen LogP contribution in [0.4, 0.5) is 4.79 Å². The van der Waals surface area contributed by atoms with Gasteiger partial charge in [-0.15, -0.1) is 11.3 Å². The van der Waals surface area contributed by atoms with Crippen LogP contribution < -0.4 is 11.2 Å². The molecule has 0 saturated carbocycles. The summed E-state index contributed by atoms with van der Waals surface area (Å²) in [7, 11) is 0. The number of urea groups is 1. The van der Waals surface area contributed by atoms with E-state index in [9.17, 15) is 4.79 Å². The van der Waals surface area contributed by atoms with Gasteiger partial charge in [-0.05, 0) is 36.8 Å². The molecule has 0 atom stereocenters. The Morgan fingerprint density at radius 3 is 2.58 bits per heavy atom. The molecule has 0 aliphatic carbocycles. The molecule has 0 fully saturated rings. The molecule has 1 aromatic carbocycles. The van der Waals surface area contributed by atoms with Crippen LogP contribution in [0.15, 0.2) is 46.0 Å². The van der Waals surface area contributed by atoms with Crippen LogP contribution in [0, 0.1) is 0 Å². The van der Waals surface area contributed by atoms with Crippen LogP contribution in [0.2, 0.25) is 0 Å². The Morgan fingerprint density at radius 1 is 1.26 bits per heavy atom. The number of primary amides is 1. The van der Waals surface area contributed by atoms with Gasteiger partial charge in [0.05, 0.1) is 10.6 Å². The fourth-order valence-corrected chi connectivity index (χ4v) is 2.72. The average Bonchev–Trinajstić information content (AvgIpc) is 2.86. The summed E-state index contributed by atoms with van der Waals surface area (Å²) in [5, 5.41) is 3.91. The Morgan fingerprint density at radius 2 is 1.95 bits per heavy atom. The Labute approximate surface area is 123 Å². The number of thiophene rings is 1. The number of benzene rings is 1. The number of carbonyl (C=O) groups is 1. The molecule has 2 rings (SSSR count). The van der Waals surface area contributed by atoms with Gasteiger partial charge in [0.25, 0.3) is 0 Å². The first-order chi connectivity index (χ1) is 9.06. The Balaban J connectivity index is 2.21. The number of rotatable bonds is 3. The summed E-state index contributed by atoms with van der Waals surface area (Å²) in [5.74, 6) is 0. The number of hydrazone groups is 1. The molecule has 98 valence electrons. The van der Waals surface area contributed by atoms with Crippen LogP contribution in [0.5, 0.6) is 0 Å². The lowest BCUT2D eigenvalue weighted by molar-refractivity contribution is 0.249. The van der Waals surface area contributed by atoms with Crippen molar-refractivity contribution in [3.05, 3.63) is 45.7 Å². The summed E-state index contributed by atoms with van der Waals surface area (Å²) >= 11 is 5.03. The first-order valence-electron chi connectivity index (χ1n) is 5.52. The molecule has 0 bridgehead atoms. The van der Waals surface area contributed by atoms with Crippen molar-refractivity contribution in [3.8, 4) is 10.4 Å². The highest BCUT2D eigenvalue weighted by atomic mass is 79.9. The van der Waals surface area contributed by atoms with E-state index in [0.29, 0.717) is 0 Å². The van der Waals surface area contributed by atoms with Gasteiger partial charge in [0.15, 0.2) is 0 Å². The molecule has 0 aliphatic rings. The number of nitrogens with two attached hydrogens (primary N) is 1. The van der Waals surface area contributed by atoms with E-state index in [0.717, 1.165) is 25.5 Å². The topological polar surface area (TPSA) is 67.5 Å². The molecule has 1 aromatic heterocycles. The van der Waals surface area contributed by atoms with Crippen molar-refractivity contribution in [3.63, 3.8) is 0 Å². The second-order valence-electron chi connectivity index (χ2n) is 3.84. The molecule has 2 amide bonds. The van der Waals surface area contributed by atoms with Gasteiger partial charge in [-0.2, -0.15) is 5.10 Å². The van der Waals surface area contributed by atoms with Crippen molar-refractivity contribution in [2.45, 2.75) is 6.92 Å². The fourth-order valence-electron chi connectivity index (χ4n) is 1.50. The Kier molecular flexibility index (Phi) is 4.34. The maximum absolute atomic E-state index is 10.6. The quantitative estimate of drug-likeness (QED) is 0.652. The van der Waals surface area contributed by atoms with E-state index in [-0.39, 0.29) is 0 Å². The first kappa shape index (κ1) is 13.8. The summed E-state index contributed by atoms with van der Waals surface area (Å²) in [6.45, 7) is 1.83. The maximum Gasteiger partial charge on any atom is 0.332 e. The van der Waals surface area contributed by atoms with Crippen molar-refractivity contribution in [1.29, 1.82) is 0 Å². The molecule has 0 unspecified atom stereocenters. The highest BCUT2D eigenvalue weighted by Crippen LogP contribution is 2.29. The molecule has 0 radical (unpaired) electrons. The zero-order chi connectivity index (χ0) is 13.8. The van der Waals surface area contributed by atoms with Crippen LogP contribution >= 0.6 is 27.3 Å². The summed E-state index contributed by atoms with van der Waals surface area (Å²) in [4.78, 5) is 12.7. The van der Waals surface area contributed by atoms with Crippen LogP contribution in [0.25, 0.3) is 10.4 Å². The Hall–Kier alpha value is -1.66. The highest BCUT2D eigenvalue weighted by Gasteiger charge is 2.05. The number of nitrogens with one attached hydrogen (secondary N) is 1. The third kappa shape index (κ3) is 3.65. The molecular weight excluding hydrogens is 326 g/mol. The lowest BCUT2D eigenvalue weighted by atomic mass is 10.2. The molecule has 0 spiro atoms. The lowest BCUT2D eigenvalue weighted by Crippen LogP contribution is -2.25. The van der Waals surface area contributed by atoms with E-state index in [4.69, 9.17) is 5.73 Å². The van der Waals surface area contributed by atoms with Crippen LogP contribution in [-0.2, 0) is 0 Å². The number of nitrogens with zero attached hydrogens (tertiary/aromatic N) is 1. The molecule has 6 heteroatoms. The largest absolute Gasteiger partial charge is 0.350 e. The zero-order valence-electron chi connectivity index (χ0n) is 10.2. The summed E-state index contributed by atoms with van der Waals surface area (Å²) in [6.07, 6.45) is 0. The van der Waals surface area contributed by atoms with Crippen molar-refractivity contribution in [1.82, 2.24) is 5.43 Å². The second-order valence-corrected chi connectivity index (χ2v) is 5.84. The number of amides is 2. The van der Waals surface area contributed by atoms with Gasteiger partial charge in [0, 0.05) is 9.35 Å². The predicted molar refractivity (Wildman–Crippen MR) is 82.4 cm³/mol. The van der Waals surface area contributed by atoms with Gasteiger partial charge in [-0.25, -0.2) is 10.2 Å². The van der Waals surface area contributed by atoms with E-state index in [2.05, 4.69) is 26.5 Å². The highest BCUT2D eigenvalue weighted by molar-refractivity contribution is 9.10. The maximum atomic E-state index is 10.6. The molecule has 4 nitrogen and oxygen atoms in total. The van der Waals surface area contributed by atoms with Crippen molar-refractivity contribution < 1.29 is 4.79 Å². The molecule has 0 aliphatic heterocycles. The van der Waals surface area contributed by atoms with E-state index in [1.165, 1.54) is 0 Å². The molecule has 19 heavy (non-hydrogen) atoms. The lowest BCUT2D eigenvalue weighted by Gasteiger charge is -1.98. The smallest absolute Gasteiger partial charge is 0.332 e. The van der Waals surface area contributed by atoms with Crippen LogP contribution in [0.1, 0.15) is 11.8 Å². The molecular formula is C13H12BrN3OS. The van der Waals surface area contributed by atoms with Crippen molar-refractivity contribution >= 4 is 39.0 Å². The first-order valence-corrected chi connectivity index (χ1v) is 7.13. The summed E-state index contributed by atoms with van der Waals surface area (Å²) < 4.78 is 1.05. The number of carbonyl (C=O) groups excluding carboxylic acids is 1. The third-order valence-electron chi connectivity index (χ3n) is 2.43. The van der Waals surface area contributed by atoms with Crippen molar-refractivity contribution in [2.24, 2.45) is 10.8 Å². The molecule has 1 heterocycles. The average molecular weight is 338 g/mol. The standard InChI is InChI=1S/C13H12BrN3OS/c1-8(16-17-13(15)18)11-6-7-12(19-11)9-2-4-10(14)5-3-9/h2-7H,1H3,(H3,15,17,18). The van der Waals surface area contributed by atoms with E-state index < -0.39 is 6.03 Å². The van der Waals surface area contributed by atoms with Crippen LogP contribution in [0.3, 0.4) is 0 Å². The molecule has 2 aromatic rings. The number of hydrogen-bond acceptors (Lipinski definition) is 3. The van der Waals surface area contributed by atoms with Gasteiger partial charge in [0.2, 0.25) is 0 Å². The molecule has 0 saturated heterocycles. The Bertz CT molecular complexity index is 619. The van der Waals surface area contributed by atoms with Gasteiger partial charge in [0.1, 0.15) is 0 Å². The number of halogens is 1. The zero-order valence-corrected chi connectivity index (χ0v) is 12.6. The summed E-state index contributed by atoms with van der Waals surface area (Å²) in [5.41, 5.74) is 9.08. The minimum atomic E-state index is -0.663. The monoisotopic (exact) mass is 337 g/mol. The van der Waals surface area contributed by atoms with E-state index >= 15 is 0 Å². The SMILES string of the molecule is CC(=NNC(N)=O)c1ccc(-c2ccc(Br)cc2)s1. The van der Waals surface area contributed by atoms with E-state index in [1.807, 2.05) is 43.3 Å².